The van der Waals surface area contributed by atoms with E-state index in [1.165, 1.54) is 26.2 Å². The average Bonchev–Trinajstić information content (AvgIpc) is 2.96. The first-order valence-electron chi connectivity index (χ1n) is 6.01. The third-order valence-electron chi connectivity index (χ3n) is 2.47. The summed E-state index contributed by atoms with van der Waals surface area (Å²) in [4.78, 5) is 23.5. The number of methoxy groups -OCH3 is 1. The van der Waals surface area contributed by atoms with Gasteiger partial charge < -0.3 is 14.2 Å². The Morgan fingerprint density at radius 3 is 2.00 bits per heavy atom. The van der Waals surface area contributed by atoms with Crippen LogP contribution in [0.4, 0.5) is 4.79 Å². The van der Waals surface area contributed by atoms with E-state index in [1.54, 1.807) is 12.1 Å². The van der Waals surface area contributed by atoms with E-state index in [2.05, 4.69) is 4.74 Å². The normalized spacial score (nSPS) is 11.7. The summed E-state index contributed by atoms with van der Waals surface area (Å²) in [5, 5.41) is 18.0. The lowest BCUT2D eigenvalue weighted by Crippen LogP contribution is -2.08. The maximum absolute atomic E-state index is 11.3. The molecule has 0 unspecified atom stereocenters. The van der Waals surface area contributed by atoms with Crippen molar-refractivity contribution in [1.82, 2.24) is 0 Å². The molecule has 1 aromatic carbocycles. The maximum atomic E-state index is 11.3. The van der Waals surface area contributed by atoms with Gasteiger partial charge in [0, 0.05) is 6.92 Å². The van der Waals surface area contributed by atoms with Crippen LogP contribution in [-0.2, 0) is 9.53 Å². The van der Waals surface area contributed by atoms with Gasteiger partial charge in [-0.05, 0) is 12.1 Å². The van der Waals surface area contributed by atoms with Gasteiger partial charge in [0.25, 0.3) is 0 Å². The van der Waals surface area contributed by atoms with Crippen molar-refractivity contribution in [2.75, 3.05) is 7.11 Å². The van der Waals surface area contributed by atoms with E-state index in [9.17, 15) is 9.59 Å². The lowest BCUT2D eigenvalue weighted by molar-refractivity contribution is -0.132. The highest BCUT2D eigenvalue weighted by molar-refractivity contribution is 8.24. The number of fused-ring (bicyclic) bond motifs is 1. The summed E-state index contributed by atoms with van der Waals surface area (Å²) >= 11 is 2.19. The molecule has 0 N–H and O–H groups in total. The van der Waals surface area contributed by atoms with Crippen molar-refractivity contribution in [3.8, 4) is 23.6 Å². The van der Waals surface area contributed by atoms with Crippen LogP contribution < -0.4 is 9.47 Å². The van der Waals surface area contributed by atoms with E-state index in [1.807, 2.05) is 0 Å². The second-order valence-electron chi connectivity index (χ2n) is 3.96. The molecule has 1 aliphatic rings. The van der Waals surface area contributed by atoms with Gasteiger partial charge in [-0.3, -0.25) is 4.79 Å². The van der Waals surface area contributed by atoms with E-state index < -0.39 is 12.1 Å². The molecule has 23 heavy (non-hydrogen) atoms. The summed E-state index contributed by atoms with van der Waals surface area (Å²) in [6.07, 6.45) is -0.906. The van der Waals surface area contributed by atoms with E-state index in [0.717, 1.165) is 23.5 Å². The van der Waals surface area contributed by atoms with Crippen molar-refractivity contribution in [2.24, 2.45) is 0 Å². The number of carbonyl (C=O) groups is 2. The third kappa shape index (κ3) is 3.59. The van der Waals surface area contributed by atoms with Gasteiger partial charge >= 0.3 is 12.1 Å². The standard InChI is InChI=1S/C14H8N2O5S2/c1-7(17)20-9-3-4-10(21-14(18)19-2)12-11(9)22-13(23-12)8(5-15)6-16/h3-4H,1-2H3. The molecule has 0 amide bonds. The van der Waals surface area contributed by atoms with Gasteiger partial charge in [-0.2, -0.15) is 10.5 Å². The zero-order valence-electron chi connectivity index (χ0n) is 11.9. The molecule has 0 aliphatic carbocycles. The molecule has 0 bridgehead atoms. The minimum Gasteiger partial charge on any atom is -0.437 e. The van der Waals surface area contributed by atoms with Crippen LogP contribution in [0.1, 0.15) is 6.92 Å². The lowest BCUT2D eigenvalue weighted by Gasteiger charge is -2.10. The fourth-order valence-electron chi connectivity index (χ4n) is 1.59. The predicted octanol–water partition coefficient (Wildman–Crippen LogP) is 3.21. The number of hydrogen-bond acceptors (Lipinski definition) is 9. The second kappa shape index (κ2) is 7.09. The monoisotopic (exact) mass is 348 g/mol. The zero-order valence-corrected chi connectivity index (χ0v) is 13.5. The first-order valence-corrected chi connectivity index (χ1v) is 7.64. The van der Waals surface area contributed by atoms with Gasteiger partial charge in [0.1, 0.15) is 29.2 Å². The molecule has 1 aliphatic heterocycles. The number of nitriles is 2. The SMILES string of the molecule is COC(=O)Oc1ccc(OC(C)=O)c2c1SC(=C(C#N)C#N)S2. The number of thioether (sulfide) groups is 2. The molecule has 0 atom stereocenters. The van der Waals surface area contributed by atoms with Crippen molar-refractivity contribution in [3.05, 3.63) is 21.9 Å². The average molecular weight is 348 g/mol. The molecule has 1 aromatic rings. The van der Waals surface area contributed by atoms with Gasteiger partial charge in [-0.25, -0.2) is 4.79 Å². The second-order valence-corrected chi connectivity index (χ2v) is 6.26. The van der Waals surface area contributed by atoms with Gasteiger partial charge in [-0.1, -0.05) is 23.5 Å². The lowest BCUT2D eigenvalue weighted by atomic mass is 10.3. The minimum absolute atomic E-state index is 0.0750. The van der Waals surface area contributed by atoms with Crippen molar-refractivity contribution in [2.45, 2.75) is 16.7 Å². The molecule has 0 aromatic heterocycles. The predicted molar refractivity (Wildman–Crippen MR) is 80.8 cm³/mol. The summed E-state index contributed by atoms with van der Waals surface area (Å²) in [7, 11) is 1.17. The van der Waals surface area contributed by atoms with E-state index in [-0.39, 0.29) is 17.1 Å². The van der Waals surface area contributed by atoms with Gasteiger partial charge in [0.15, 0.2) is 0 Å². The summed E-state index contributed by atoms with van der Waals surface area (Å²) in [6, 6.07) is 6.51. The highest BCUT2D eigenvalue weighted by atomic mass is 32.2. The van der Waals surface area contributed by atoms with Crippen molar-refractivity contribution in [3.63, 3.8) is 0 Å². The smallest absolute Gasteiger partial charge is 0.437 e. The van der Waals surface area contributed by atoms with Crippen LogP contribution >= 0.6 is 23.5 Å². The molecule has 0 saturated carbocycles. The Morgan fingerprint density at radius 1 is 1.04 bits per heavy atom. The Bertz CT molecular complexity index is 789. The molecule has 1 heterocycles. The van der Waals surface area contributed by atoms with E-state index >= 15 is 0 Å². The van der Waals surface area contributed by atoms with E-state index in [0.29, 0.717) is 14.0 Å². The molecule has 116 valence electrons. The molecular weight excluding hydrogens is 340 g/mol. The van der Waals surface area contributed by atoms with Crippen LogP contribution in [0.15, 0.2) is 31.7 Å². The minimum atomic E-state index is -0.906. The number of ether oxygens (including phenoxy) is 3. The quantitative estimate of drug-likeness (QED) is 0.344. The molecule has 0 fully saturated rings. The molecule has 0 saturated heterocycles. The topological polar surface area (TPSA) is 109 Å². The summed E-state index contributed by atoms with van der Waals surface area (Å²) in [6.45, 7) is 1.25. The number of nitrogens with zero attached hydrogens (tertiary/aromatic N) is 2. The third-order valence-corrected chi connectivity index (χ3v) is 5.10. The van der Waals surface area contributed by atoms with Crippen LogP contribution in [0.2, 0.25) is 0 Å². The highest BCUT2D eigenvalue weighted by Crippen LogP contribution is 2.58. The number of benzene rings is 1. The molecule has 7 nitrogen and oxygen atoms in total. The fourth-order valence-corrected chi connectivity index (χ4v) is 4.07. The zero-order chi connectivity index (χ0) is 17.0. The summed E-state index contributed by atoms with van der Waals surface area (Å²) in [5.74, 6) is -0.0735. The maximum Gasteiger partial charge on any atom is 0.513 e. The number of esters is 1. The van der Waals surface area contributed by atoms with Crippen molar-refractivity contribution in [1.29, 1.82) is 10.5 Å². The Balaban J connectivity index is 2.52. The van der Waals surface area contributed by atoms with Crippen molar-refractivity contribution < 1.29 is 23.8 Å². The van der Waals surface area contributed by atoms with Gasteiger partial charge in [-0.15, -0.1) is 0 Å². The molecule has 2 rings (SSSR count). The highest BCUT2D eigenvalue weighted by Gasteiger charge is 2.30. The first-order chi connectivity index (χ1) is 11.0. The Kier molecular flexibility index (Phi) is 5.16. The summed E-state index contributed by atoms with van der Waals surface area (Å²) in [5.41, 5.74) is -0.0750. The Morgan fingerprint density at radius 2 is 1.57 bits per heavy atom. The number of hydrogen-bond donors (Lipinski definition) is 0. The first kappa shape index (κ1) is 16.7. The number of carbonyl (C=O) groups excluding carboxylic acids is 2. The summed E-state index contributed by atoms with van der Waals surface area (Å²) < 4.78 is 15.0. The van der Waals surface area contributed by atoms with Crippen LogP contribution in [0.25, 0.3) is 0 Å². The van der Waals surface area contributed by atoms with Crippen molar-refractivity contribution >= 4 is 35.6 Å². The molecule has 0 radical (unpaired) electrons. The molecule has 0 spiro atoms. The molecule has 9 heteroatoms. The van der Waals surface area contributed by atoms with Gasteiger partial charge in [0.05, 0.1) is 21.1 Å². The Hall–Kier alpha value is -2.62. The van der Waals surface area contributed by atoms with Crippen LogP contribution in [0, 0.1) is 22.7 Å². The van der Waals surface area contributed by atoms with Crippen LogP contribution in [0.3, 0.4) is 0 Å². The van der Waals surface area contributed by atoms with Gasteiger partial charge in [0.2, 0.25) is 0 Å². The Labute approximate surface area is 139 Å². The molecular formula is C14H8N2O5S2. The largest absolute Gasteiger partial charge is 0.513 e. The fraction of sp³-hybridized carbons (Fsp3) is 0.143. The number of allylic oxidation sites excluding steroid dienone is 1. The van der Waals surface area contributed by atoms with Crippen LogP contribution in [-0.4, -0.2) is 19.2 Å². The van der Waals surface area contributed by atoms with E-state index in [4.69, 9.17) is 20.0 Å². The van der Waals surface area contributed by atoms with Crippen LogP contribution in [0.5, 0.6) is 11.5 Å². The number of rotatable bonds is 2.